The largest absolute Gasteiger partial charge is 0.481 e. The average molecular weight is 289 g/mol. The number of aromatic nitrogens is 1. The van der Waals surface area contributed by atoms with E-state index in [0.717, 1.165) is 0 Å². The number of carboxylic acids is 1. The van der Waals surface area contributed by atoms with Gasteiger partial charge in [0.05, 0.1) is 17.5 Å². The first-order valence-corrected chi connectivity index (χ1v) is 6.75. The Morgan fingerprint density at radius 3 is 2.86 bits per heavy atom. The van der Waals surface area contributed by atoms with Crippen LogP contribution in [-0.4, -0.2) is 21.2 Å². The molecular formula is C15H15NO5. The molecule has 0 aliphatic heterocycles. The number of aliphatic hydroxyl groups is 1. The van der Waals surface area contributed by atoms with Crippen molar-refractivity contribution in [1.29, 1.82) is 0 Å². The van der Waals surface area contributed by atoms with Gasteiger partial charge in [-0.3, -0.25) is 9.78 Å². The van der Waals surface area contributed by atoms with Crippen LogP contribution in [0.5, 0.6) is 0 Å². The molecule has 1 aromatic carbocycles. The van der Waals surface area contributed by atoms with Gasteiger partial charge in [-0.15, -0.1) is 0 Å². The molecule has 6 heteroatoms. The van der Waals surface area contributed by atoms with E-state index in [0.29, 0.717) is 29.5 Å². The molecule has 0 bridgehead atoms. The normalized spacial score (nSPS) is 23.3. The highest BCUT2D eigenvalue weighted by Crippen LogP contribution is 2.36. The Hall–Kier alpha value is -2.34. The lowest BCUT2D eigenvalue weighted by atomic mass is 9.77. The predicted molar refractivity (Wildman–Crippen MR) is 74.8 cm³/mol. The second-order valence-corrected chi connectivity index (χ2v) is 5.27. The first-order valence-electron chi connectivity index (χ1n) is 6.75. The Balaban J connectivity index is 1.94. The molecule has 1 aliphatic carbocycles. The average Bonchev–Trinajstić information content (AvgIpc) is 2.85. The second kappa shape index (κ2) is 5.21. The molecule has 2 aromatic rings. The number of benzene rings is 1. The number of aromatic amines is 1. The van der Waals surface area contributed by atoms with E-state index in [9.17, 15) is 19.8 Å². The van der Waals surface area contributed by atoms with Crippen molar-refractivity contribution < 1.29 is 19.4 Å². The van der Waals surface area contributed by atoms with Gasteiger partial charge in [-0.05, 0) is 30.5 Å². The van der Waals surface area contributed by atoms with Gasteiger partial charge in [0.1, 0.15) is 0 Å². The summed E-state index contributed by atoms with van der Waals surface area (Å²) in [5.74, 6) is -2.46. The predicted octanol–water partition coefficient (Wildman–Crippen LogP) is 1.82. The number of hydrogen-bond acceptors (Lipinski definition) is 4. The van der Waals surface area contributed by atoms with Crippen molar-refractivity contribution in [3.8, 4) is 0 Å². The molecule has 110 valence electrons. The van der Waals surface area contributed by atoms with Gasteiger partial charge < -0.3 is 14.6 Å². The van der Waals surface area contributed by atoms with E-state index in [1.54, 1.807) is 18.2 Å². The highest BCUT2D eigenvalue weighted by Gasteiger charge is 2.34. The molecule has 3 unspecified atom stereocenters. The van der Waals surface area contributed by atoms with Crippen molar-refractivity contribution >= 4 is 17.1 Å². The minimum atomic E-state index is -0.916. The molecule has 3 N–H and O–H groups in total. The minimum Gasteiger partial charge on any atom is -0.481 e. The van der Waals surface area contributed by atoms with Crippen LogP contribution in [0.3, 0.4) is 0 Å². The summed E-state index contributed by atoms with van der Waals surface area (Å²) in [6.45, 7) is 0. The number of carboxylic acid groups (broad SMARTS) is 1. The van der Waals surface area contributed by atoms with Crippen LogP contribution in [0.2, 0.25) is 0 Å². The molecule has 0 amide bonds. The van der Waals surface area contributed by atoms with Gasteiger partial charge in [0.15, 0.2) is 5.58 Å². The zero-order valence-electron chi connectivity index (χ0n) is 11.2. The van der Waals surface area contributed by atoms with E-state index in [-0.39, 0.29) is 0 Å². The fraction of sp³-hybridized carbons (Fsp3) is 0.333. The highest BCUT2D eigenvalue weighted by molar-refractivity contribution is 5.73. The Labute approximate surface area is 119 Å². The van der Waals surface area contributed by atoms with Crippen LogP contribution in [0.1, 0.15) is 24.5 Å². The molecule has 1 aliphatic rings. The lowest BCUT2D eigenvalue weighted by Crippen LogP contribution is -2.29. The fourth-order valence-electron chi connectivity index (χ4n) is 2.86. The van der Waals surface area contributed by atoms with Gasteiger partial charge in [0.25, 0.3) is 0 Å². The molecule has 0 spiro atoms. The molecule has 1 aromatic heterocycles. The molecule has 1 heterocycles. The zero-order chi connectivity index (χ0) is 15.0. The van der Waals surface area contributed by atoms with Crippen molar-refractivity contribution in [2.75, 3.05) is 0 Å². The summed E-state index contributed by atoms with van der Waals surface area (Å²) in [7, 11) is 0. The molecule has 0 saturated carbocycles. The van der Waals surface area contributed by atoms with Crippen molar-refractivity contribution in [1.82, 2.24) is 4.98 Å². The third-order valence-electron chi connectivity index (χ3n) is 3.99. The lowest BCUT2D eigenvalue weighted by molar-refractivity contribution is -0.145. The van der Waals surface area contributed by atoms with Crippen LogP contribution in [0.25, 0.3) is 11.1 Å². The fourth-order valence-corrected chi connectivity index (χ4v) is 2.86. The number of hydrogen-bond donors (Lipinski definition) is 3. The van der Waals surface area contributed by atoms with E-state index in [1.165, 1.54) is 0 Å². The Morgan fingerprint density at radius 2 is 2.10 bits per heavy atom. The number of oxazole rings is 1. The number of aliphatic carboxylic acids is 1. The molecule has 3 atom stereocenters. The van der Waals surface area contributed by atoms with Crippen molar-refractivity contribution in [2.24, 2.45) is 11.8 Å². The summed E-state index contributed by atoms with van der Waals surface area (Å²) in [5.41, 5.74) is 1.46. The van der Waals surface area contributed by atoms with Gasteiger partial charge in [0, 0.05) is 5.92 Å². The van der Waals surface area contributed by atoms with Crippen LogP contribution in [0.15, 0.2) is 39.6 Å². The number of fused-ring (bicyclic) bond motifs is 1. The number of nitrogens with one attached hydrogen (secondary N) is 1. The summed E-state index contributed by atoms with van der Waals surface area (Å²) in [6, 6.07) is 4.90. The zero-order valence-corrected chi connectivity index (χ0v) is 11.2. The lowest BCUT2D eigenvalue weighted by Gasteiger charge is -2.29. The van der Waals surface area contributed by atoms with Gasteiger partial charge >= 0.3 is 11.7 Å². The molecule has 6 nitrogen and oxygen atoms in total. The third-order valence-corrected chi connectivity index (χ3v) is 3.99. The first kappa shape index (κ1) is 13.6. The van der Waals surface area contributed by atoms with E-state index in [4.69, 9.17) is 4.42 Å². The highest BCUT2D eigenvalue weighted by atomic mass is 16.4. The van der Waals surface area contributed by atoms with E-state index in [2.05, 4.69) is 4.98 Å². The van der Waals surface area contributed by atoms with E-state index < -0.39 is 29.7 Å². The SMILES string of the molecule is O=C(O)C1CC=CCC1C(O)c1ccc2[nH]c(=O)oc2c1. The maximum absolute atomic E-state index is 11.3. The Kier molecular flexibility index (Phi) is 3.39. The quantitative estimate of drug-likeness (QED) is 0.748. The van der Waals surface area contributed by atoms with Crippen LogP contribution in [0.4, 0.5) is 0 Å². The van der Waals surface area contributed by atoms with Crippen LogP contribution >= 0.6 is 0 Å². The van der Waals surface area contributed by atoms with Gasteiger partial charge in [-0.25, -0.2) is 4.79 Å². The van der Waals surface area contributed by atoms with E-state index >= 15 is 0 Å². The Bertz CT molecular complexity index is 757. The molecular weight excluding hydrogens is 274 g/mol. The molecule has 21 heavy (non-hydrogen) atoms. The number of aliphatic hydroxyl groups excluding tert-OH is 1. The number of H-pyrrole nitrogens is 1. The van der Waals surface area contributed by atoms with Gasteiger partial charge in [-0.2, -0.15) is 0 Å². The van der Waals surface area contributed by atoms with Crippen molar-refractivity contribution in [3.63, 3.8) is 0 Å². The summed E-state index contributed by atoms with van der Waals surface area (Å²) < 4.78 is 4.97. The van der Waals surface area contributed by atoms with Crippen molar-refractivity contribution in [3.05, 3.63) is 46.5 Å². The molecule has 0 radical (unpaired) electrons. The number of rotatable bonds is 3. The Morgan fingerprint density at radius 1 is 1.33 bits per heavy atom. The minimum absolute atomic E-state index is 0.356. The van der Waals surface area contributed by atoms with Crippen molar-refractivity contribution in [2.45, 2.75) is 18.9 Å². The smallest absolute Gasteiger partial charge is 0.417 e. The van der Waals surface area contributed by atoms with Crippen LogP contribution in [-0.2, 0) is 4.79 Å². The maximum atomic E-state index is 11.3. The number of allylic oxidation sites excluding steroid dienone is 2. The van der Waals surface area contributed by atoms with Crippen LogP contribution < -0.4 is 5.76 Å². The summed E-state index contributed by atoms with van der Waals surface area (Å²) >= 11 is 0. The summed E-state index contributed by atoms with van der Waals surface area (Å²) in [5, 5.41) is 19.8. The van der Waals surface area contributed by atoms with Gasteiger partial charge in [0.2, 0.25) is 0 Å². The standard InChI is InChI=1S/C15H15NO5/c17-13(9-3-1-2-4-10(9)14(18)19)8-5-6-11-12(7-8)21-15(20)16-11/h1-2,5-7,9-10,13,17H,3-4H2,(H,16,20)(H,18,19). The molecule has 0 fully saturated rings. The van der Waals surface area contributed by atoms with Gasteiger partial charge in [-0.1, -0.05) is 18.2 Å². The third kappa shape index (κ3) is 2.50. The number of carbonyl (C=O) groups is 1. The second-order valence-electron chi connectivity index (χ2n) is 5.27. The van der Waals surface area contributed by atoms with Crippen LogP contribution in [0, 0.1) is 11.8 Å². The molecule has 3 rings (SSSR count). The molecule has 0 saturated heterocycles. The topological polar surface area (TPSA) is 104 Å². The van der Waals surface area contributed by atoms with E-state index in [1.807, 2.05) is 12.2 Å². The first-order chi connectivity index (χ1) is 10.1. The summed E-state index contributed by atoms with van der Waals surface area (Å²) in [6.07, 6.45) is 3.73. The monoisotopic (exact) mass is 289 g/mol. The summed E-state index contributed by atoms with van der Waals surface area (Å²) in [4.78, 5) is 25.0. The maximum Gasteiger partial charge on any atom is 0.417 e.